The fourth-order valence-corrected chi connectivity index (χ4v) is 13.4. The van der Waals surface area contributed by atoms with Gasteiger partial charge in [-0.05, 0) is 105 Å². The zero-order valence-corrected chi connectivity index (χ0v) is 29.5. The van der Waals surface area contributed by atoms with Gasteiger partial charge >= 0.3 is 5.97 Å². The summed E-state index contributed by atoms with van der Waals surface area (Å²) < 4.78 is 24.4. The van der Waals surface area contributed by atoms with E-state index in [4.69, 9.17) is 18.9 Å². The number of carbonyl (C=O) groups is 2. The molecule has 2 spiro atoms. The van der Waals surface area contributed by atoms with E-state index in [-0.39, 0.29) is 57.9 Å². The molecular formula is C37H58O10. The largest absolute Gasteiger partial charge is 0.457 e. The minimum atomic E-state index is -1.31. The second-order valence-corrected chi connectivity index (χ2v) is 18.4. The van der Waals surface area contributed by atoms with Crippen molar-refractivity contribution >= 4 is 11.8 Å². The molecule has 10 heteroatoms. The first-order valence-corrected chi connectivity index (χ1v) is 18.2. The number of hydrogen-bond acceptors (Lipinski definition) is 10. The molecule has 7 aliphatic rings. The number of aliphatic hydroxyl groups excluding tert-OH is 3. The van der Waals surface area contributed by atoms with E-state index in [1.807, 2.05) is 0 Å². The second kappa shape index (κ2) is 10.7. The first kappa shape index (κ1) is 34.3. The van der Waals surface area contributed by atoms with Crippen LogP contribution in [0.1, 0.15) is 107 Å². The number of fused-ring (bicyclic) bond motifs is 4. The molecule has 4 N–H and O–H groups in total. The van der Waals surface area contributed by atoms with Gasteiger partial charge in [-0.1, -0.05) is 34.6 Å². The monoisotopic (exact) mass is 662 g/mol. The van der Waals surface area contributed by atoms with Crippen LogP contribution in [0.3, 0.4) is 0 Å². The second-order valence-electron chi connectivity index (χ2n) is 18.4. The van der Waals surface area contributed by atoms with Crippen LogP contribution in [0, 0.1) is 50.7 Å². The van der Waals surface area contributed by atoms with Gasteiger partial charge in [-0.25, -0.2) is 0 Å². The van der Waals surface area contributed by atoms with Gasteiger partial charge in [-0.2, -0.15) is 0 Å². The molecule has 2 saturated heterocycles. The molecule has 7 fully saturated rings. The lowest BCUT2D eigenvalue weighted by atomic mass is 9.41. The Morgan fingerprint density at radius 3 is 2.30 bits per heavy atom. The molecule has 266 valence electrons. The average Bonchev–Trinajstić information content (AvgIpc) is 3.61. The van der Waals surface area contributed by atoms with E-state index in [2.05, 4.69) is 34.6 Å². The Bertz CT molecular complexity index is 1290. The van der Waals surface area contributed by atoms with Gasteiger partial charge in [0, 0.05) is 18.3 Å². The number of ether oxygens (including phenoxy) is 4. The SMILES string of the molecule is CC(=O)O[C@@H]([C@@H]1C[C@@H](C)[C@H]2[C@H](O1)C(=O)[C@@]1(C)[C@@H]3CC[C@H]4C(C)(C)[C@@H](O[C@@H]5OC[C@@H](O)[C@H](O)[C@H]5O)CC[C@@]45C[C@@]35CC[C@]21C)C(C)(C)O. The van der Waals surface area contributed by atoms with E-state index >= 15 is 0 Å². The van der Waals surface area contributed by atoms with E-state index in [0.29, 0.717) is 12.3 Å². The van der Waals surface area contributed by atoms with Gasteiger partial charge in [0.25, 0.3) is 0 Å². The van der Waals surface area contributed by atoms with Gasteiger partial charge in [0.05, 0.1) is 24.4 Å². The Labute approximate surface area is 279 Å². The van der Waals surface area contributed by atoms with Crippen molar-refractivity contribution in [3.63, 3.8) is 0 Å². The molecule has 0 unspecified atom stereocenters. The number of rotatable bonds is 5. The van der Waals surface area contributed by atoms with E-state index in [9.17, 15) is 30.0 Å². The van der Waals surface area contributed by atoms with E-state index < -0.39 is 59.9 Å². The van der Waals surface area contributed by atoms with E-state index in [1.54, 1.807) is 13.8 Å². The Morgan fingerprint density at radius 2 is 1.64 bits per heavy atom. The quantitative estimate of drug-likeness (QED) is 0.254. The molecule has 0 aromatic carbocycles. The first-order valence-electron chi connectivity index (χ1n) is 18.2. The highest BCUT2D eigenvalue weighted by molar-refractivity contribution is 5.93. The van der Waals surface area contributed by atoms with Crippen molar-refractivity contribution in [3.05, 3.63) is 0 Å². The summed E-state index contributed by atoms with van der Waals surface area (Å²) in [7, 11) is 0. The lowest BCUT2D eigenvalue weighted by Gasteiger charge is -2.62. The summed E-state index contributed by atoms with van der Waals surface area (Å²) in [5.41, 5.74) is -2.06. The van der Waals surface area contributed by atoms with Crippen molar-refractivity contribution in [2.75, 3.05) is 6.61 Å². The highest BCUT2D eigenvalue weighted by Gasteiger charge is 2.85. The highest BCUT2D eigenvalue weighted by atomic mass is 16.7. The molecule has 0 radical (unpaired) electrons. The Hall–Kier alpha value is -1.14. The van der Waals surface area contributed by atoms with Gasteiger partial charge in [0.15, 0.2) is 18.2 Å². The topological polar surface area (TPSA) is 152 Å². The molecule has 0 bridgehead atoms. The van der Waals surface area contributed by atoms with Crippen LogP contribution in [0.15, 0.2) is 0 Å². The lowest BCUT2D eigenvalue weighted by Crippen LogP contribution is -2.60. The number of aliphatic hydroxyl groups is 4. The van der Waals surface area contributed by atoms with Crippen molar-refractivity contribution in [1.29, 1.82) is 0 Å². The number of carbonyl (C=O) groups excluding carboxylic acids is 2. The predicted octanol–water partition coefficient (Wildman–Crippen LogP) is 3.53. The zero-order valence-electron chi connectivity index (χ0n) is 29.5. The maximum Gasteiger partial charge on any atom is 0.303 e. The number of hydrogen-bond donors (Lipinski definition) is 4. The van der Waals surface area contributed by atoms with Crippen LogP contribution < -0.4 is 0 Å². The fraction of sp³-hybridized carbons (Fsp3) is 0.946. The molecule has 2 heterocycles. The predicted molar refractivity (Wildman–Crippen MR) is 170 cm³/mol. The van der Waals surface area contributed by atoms with Crippen molar-refractivity contribution in [2.24, 2.45) is 50.7 Å². The van der Waals surface area contributed by atoms with Gasteiger partial charge in [-0.15, -0.1) is 0 Å². The molecular weight excluding hydrogens is 604 g/mol. The maximum atomic E-state index is 15.0. The molecule has 0 aromatic rings. The molecule has 5 aliphatic carbocycles. The summed E-state index contributed by atoms with van der Waals surface area (Å²) in [5, 5.41) is 41.8. The third-order valence-electron chi connectivity index (χ3n) is 15.6. The van der Waals surface area contributed by atoms with E-state index in [0.717, 1.165) is 44.9 Å². The summed E-state index contributed by atoms with van der Waals surface area (Å²) in [5.74, 6) is 0.603. The van der Waals surface area contributed by atoms with Crippen LogP contribution >= 0.6 is 0 Å². The van der Waals surface area contributed by atoms with Gasteiger partial charge in [0.1, 0.15) is 24.4 Å². The molecule has 5 saturated carbocycles. The Morgan fingerprint density at radius 1 is 0.979 bits per heavy atom. The summed E-state index contributed by atoms with van der Waals surface area (Å²) in [6, 6.07) is 0. The average molecular weight is 663 g/mol. The van der Waals surface area contributed by atoms with Crippen LogP contribution in [0.25, 0.3) is 0 Å². The Balaban J connectivity index is 1.15. The summed E-state index contributed by atoms with van der Waals surface area (Å²) in [6.07, 6.45) is 0.691. The highest BCUT2D eigenvalue weighted by Crippen LogP contribution is 2.89. The minimum Gasteiger partial charge on any atom is -0.457 e. The third-order valence-corrected chi connectivity index (χ3v) is 15.6. The van der Waals surface area contributed by atoms with Crippen molar-refractivity contribution in [3.8, 4) is 0 Å². The van der Waals surface area contributed by atoms with Crippen molar-refractivity contribution in [2.45, 2.75) is 161 Å². The maximum absolute atomic E-state index is 15.0. The number of ketones is 1. The molecule has 16 atom stereocenters. The van der Waals surface area contributed by atoms with Gasteiger partial charge in [0.2, 0.25) is 0 Å². The molecule has 0 aromatic heterocycles. The van der Waals surface area contributed by atoms with Crippen molar-refractivity contribution in [1.82, 2.24) is 0 Å². The normalized spacial score (nSPS) is 53.9. The van der Waals surface area contributed by atoms with Crippen LogP contribution in [0.2, 0.25) is 0 Å². The van der Waals surface area contributed by atoms with Crippen LogP contribution in [0.4, 0.5) is 0 Å². The minimum absolute atomic E-state index is 0.0668. The van der Waals surface area contributed by atoms with Crippen LogP contribution in [-0.4, -0.2) is 93.4 Å². The first-order chi connectivity index (χ1) is 21.8. The molecule has 0 amide bonds. The summed E-state index contributed by atoms with van der Waals surface area (Å²) in [6.45, 7) is 15.9. The smallest absolute Gasteiger partial charge is 0.303 e. The lowest BCUT2D eigenvalue weighted by molar-refractivity contribution is -0.302. The number of esters is 1. The van der Waals surface area contributed by atoms with Crippen molar-refractivity contribution < 1.29 is 49.0 Å². The fourth-order valence-electron chi connectivity index (χ4n) is 13.4. The molecule has 47 heavy (non-hydrogen) atoms. The zero-order chi connectivity index (χ0) is 34.3. The van der Waals surface area contributed by atoms with Crippen LogP contribution in [0.5, 0.6) is 0 Å². The summed E-state index contributed by atoms with van der Waals surface area (Å²) in [4.78, 5) is 27.0. The molecule has 2 aliphatic heterocycles. The van der Waals surface area contributed by atoms with E-state index in [1.165, 1.54) is 6.92 Å². The standard InChI is InChI=1S/C37H58O10/c1-18-15-21(30(33(5,6)43)45-19(2)38)46-28-25(18)34(7)13-14-37-17-36(37)12-11-24(47-31-27(41)26(40)20(39)16-44-31)32(3,4)22(36)9-10-23(37)35(34,8)29(28)42/h18,20-28,30-31,39-41,43H,9-17H2,1-8H3/t18-,20-,21+,22+,23+,24+,25+,26+,27-,28+,30+,31+,34-,35-,36-,37+/m1/s1. The number of Topliss-reactive ketones (excluding diaryl/α,β-unsaturated/α-hetero) is 1. The van der Waals surface area contributed by atoms with Gasteiger partial charge in [-0.3, -0.25) is 9.59 Å². The molecule has 10 nitrogen and oxygen atoms in total. The molecule has 7 rings (SSSR count). The van der Waals surface area contributed by atoms with Gasteiger partial charge < -0.3 is 39.4 Å². The Kier molecular flexibility index (Phi) is 7.80. The summed E-state index contributed by atoms with van der Waals surface area (Å²) >= 11 is 0. The third kappa shape index (κ3) is 4.46. The van der Waals surface area contributed by atoms with Crippen LogP contribution in [-0.2, 0) is 28.5 Å².